The highest BCUT2D eigenvalue weighted by atomic mass is 16.2. The number of nitrogens with zero attached hydrogens (tertiary/aromatic N) is 5. The SMILES string of the molecule is CCc1nc2cc(NC(=O)c3cn(C4CCC(N)CC4)nn3)ccc2n1CC. The lowest BCUT2D eigenvalue weighted by Crippen LogP contribution is -2.28. The van der Waals surface area contributed by atoms with Gasteiger partial charge in [-0.05, 0) is 50.8 Å². The largest absolute Gasteiger partial charge is 0.328 e. The molecule has 0 spiro atoms. The molecule has 4 rings (SSSR count). The summed E-state index contributed by atoms with van der Waals surface area (Å²) in [5.41, 5.74) is 8.97. The normalized spacial score (nSPS) is 19.8. The van der Waals surface area contributed by atoms with Crippen molar-refractivity contribution in [2.24, 2.45) is 5.73 Å². The van der Waals surface area contributed by atoms with Gasteiger partial charge in [0.2, 0.25) is 0 Å². The van der Waals surface area contributed by atoms with Crippen LogP contribution in [0.4, 0.5) is 5.69 Å². The summed E-state index contributed by atoms with van der Waals surface area (Å²) >= 11 is 0. The lowest BCUT2D eigenvalue weighted by atomic mass is 9.92. The Bertz CT molecular complexity index is 982. The van der Waals surface area contributed by atoms with Gasteiger partial charge in [-0.15, -0.1) is 5.10 Å². The Balaban J connectivity index is 1.49. The van der Waals surface area contributed by atoms with Gasteiger partial charge in [-0.3, -0.25) is 4.79 Å². The Hall–Kier alpha value is -2.74. The van der Waals surface area contributed by atoms with Crippen LogP contribution in [0.1, 0.15) is 61.9 Å². The number of aromatic nitrogens is 5. The van der Waals surface area contributed by atoms with Crippen molar-refractivity contribution in [3.63, 3.8) is 0 Å². The predicted molar refractivity (Wildman–Crippen MR) is 108 cm³/mol. The van der Waals surface area contributed by atoms with Crippen LogP contribution in [0, 0.1) is 0 Å². The first-order valence-electron chi connectivity index (χ1n) is 10.1. The highest BCUT2D eigenvalue weighted by molar-refractivity contribution is 6.03. The molecule has 1 aromatic carbocycles. The van der Waals surface area contributed by atoms with E-state index < -0.39 is 0 Å². The molecule has 0 aliphatic heterocycles. The Labute approximate surface area is 164 Å². The van der Waals surface area contributed by atoms with E-state index in [1.54, 1.807) is 10.9 Å². The van der Waals surface area contributed by atoms with Gasteiger partial charge in [-0.25, -0.2) is 9.67 Å². The highest BCUT2D eigenvalue weighted by Gasteiger charge is 2.22. The zero-order chi connectivity index (χ0) is 19.7. The topological polar surface area (TPSA) is 104 Å². The predicted octanol–water partition coefficient (Wildman–Crippen LogP) is 2.90. The fraction of sp³-hybridized carbons (Fsp3) is 0.500. The van der Waals surface area contributed by atoms with Crippen molar-refractivity contribution in [2.75, 3.05) is 5.32 Å². The summed E-state index contributed by atoms with van der Waals surface area (Å²) in [6, 6.07) is 6.37. The molecule has 8 nitrogen and oxygen atoms in total. The van der Waals surface area contributed by atoms with Crippen LogP contribution in [-0.2, 0) is 13.0 Å². The molecule has 8 heteroatoms. The van der Waals surface area contributed by atoms with Gasteiger partial charge in [-0.1, -0.05) is 12.1 Å². The first-order chi connectivity index (χ1) is 13.6. The molecular weight excluding hydrogens is 354 g/mol. The Morgan fingerprint density at radius 2 is 2.04 bits per heavy atom. The number of aryl methyl sites for hydroxylation is 2. The van der Waals surface area contributed by atoms with Crippen molar-refractivity contribution in [3.8, 4) is 0 Å². The minimum atomic E-state index is -0.260. The second kappa shape index (κ2) is 7.71. The lowest BCUT2D eigenvalue weighted by molar-refractivity contribution is 0.102. The Morgan fingerprint density at radius 3 is 2.75 bits per heavy atom. The molecule has 0 saturated heterocycles. The molecule has 2 heterocycles. The molecule has 1 amide bonds. The van der Waals surface area contributed by atoms with Crippen molar-refractivity contribution in [1.82, 2.24) is 24.5 Å². The number of hydrogen-bond acceptors (Lipinski definition) is 5. The van der Waals surface area contributed by atoms with Crippen LogP contribution in [0.2, 0.25) is 0 Å². The molecule has 0 bridgehead atoms. The monoisotopic (exact) mass is 381 g/mol. The summed E-state index contributed by atoms with van der Waals surface area (Å²) in [7, 11) is 0. The first-order valence-corrected chi connectivity index (χ1v) is 10.1. The van der Waals surface area contributed by atoms with Crippen LogP contribution in [0.3, 0.4) is 0 Å². The number of anilines is 1. The van der Waals surface area contributed by atoms with E-state index >= 15 is 0 Å². The molecule has 0 atom stereocenters. The maximum Gasteiger partial charge on any atom is 0.277 e. The number of nitrogens with one attached hydrogen (secondary N) is 1. The summed E-state index contributed by atoms with van der Waals surface area (Å²) in [5.74, 6) is 0.792. The van der Waals surface area contributed by atoms with Crippen molar-refractivity contribution >= 4 is 22.6 Å². The van der Waals surface area contributed by atoms with Crippen LogP contribution in [0.5, 0.6) is 0 Å². The van der Waals surface area contributed by atoms with Crippen LogP contribution < -0.4 is 11.1 Å². The zero-order valence-electron chi connectivity index (χ0n) is 16.4. The number of rotatable bonds is 5. The summed E-state index contributed by atoms with van der Waals surface area (Å²) in [4.78, 5) is 17.3. The van der Waals surface area contributed by atoms with E-state index in [9.17, 15) is 4.79 Å². The summed E-state index contributed by atoms with van der Waals surface area (Å²) in [5, 5.41) is 11.1. The molecule has 1 fully saturated rings. The molecule has 1 aliphatic carbocycles. The maximum absolute atomic E-state index is 12.6. The molecule has 3 N–H and O–H groups in total. The second-order valence-electron chi connectivity index (χ2n) is 7.44. The summed E-state index contributed by atoms with van der Waals surface area (Å²) in [6.45, 7) is 5.08. The second-order valence-corrected chi connectivity index (χ2v) is 7.44. The van der Waals surface area contributed by atoms with Gasteiger partial charge in [0.05, 0.1) is 23.3 Å². The Morgan fingerprint density at radius 1 is 1.25 bits per heavy atom. The van der Waals surface area contributed by atoms with E-state index in [4.69, 9.17) is 5.73 Å². The third kappa shape index (κ3) is 3.52. The number of benzene rings is 1. The first kappa shape index (κ1) is 18.6. The van der Waals surface area contributed by atoms with E-state index in [0.717, 1.165) is 55.5 Å². The van der Waals surface area contributed by atoms with Gasteiger partial charge >= 0.3 is 0 Å². The molecular formula is C20H27N7O. The van der Waals surface area contributed by atoms with E-state index in [2.05, 4.69) is 39.0 Å². The summed E-state index contributed by atoms with van der Waals surface area (Å²) < 4.78 is 4.00. The number of nitrogens with two attached hydrogens (primary N) is 1. The number of carbonyl (C=O) groups excluding carboxylic acids is 1. The third-order valence-corrected chi connectivity index (χ3v) is 5.58. The molecule has 3 aromatic rings. The van der Waals surface area contributed by atoms with Gasteiger partial charge in [-0.2, -0.15) is 0 Å². The molecule has 2 aromatic heterocycles. The van der Waals surface area contributed by atoms with Gasteiger partial charge in [0.15, 0.2) is 5.69 Å². The molecule has 28 heavy (non-hydrogen) atoms. The average Bonchev–Trinajstić information content (AvgIpc) is 3.32. The van der Waals surface area contributed by atoms with Crippen LogP contribution in [-0.4, -0.2) is 36.5 Å². The van der Waals surface area contributed by atoms with Crippen LogP contribution in [0.25, 0.3) is 11.0 Å². The van der Waals surface area contributed by atoms with Crippen molar-refractivity contribution in [2.45, 2.75) is 64.6 Å². The number of imidazole rings is 1. The van der Waals surface area contributed by atoms with E-state index in [-0.39, 0.29) is 18.0 Å². The molecule has 148 valence electrons. The highest BCUT2D eigenvalue weighted by Crippen LogP contribution is 2.27. The lowest BCUT2D eigenvalue weighted by Gasteiger charge is -2.25. The van der Waals surface area contributed by atoms with E-state index in [1.165, 1.54) is 0 Å². The number of carbonyl (C=O) groups is 1. The van der Waals surface area contributed by atoms with Crippen molar-refractivity contribution in [1.29, 1.82) is 0 Å². The van der Waals surface area contributed by atoms with Crippen LogP contribution >= 0.6 is 0 Å². The summed E-state index contributed by atoms with van der Waals surface area (Å²) in [6.07, 6.45) is 6.52. The van der Waals surface area contributed by atoms with Gasteiger partial charge in [0.25, 0.3) is 5.91 Å². The fourth-order valence-corrected chi connectivity index (χ4v) is 4.00. The molecule has 0 radical (unpaired) electrons. The molecule has 1 saturated carbocycles. The Kier molecular flexibility index (Phi) is 5.13. The molecule has 0 unspecified atom stereocenters. The minimum Gasteiger partial charge on any atom is -0.328 e. The standard InChI is InChI=1S/C20H27N7O/c1-3-19-23-16-11-14(7-10-18(16)26(19)4-2)22-20(28)17-12-27(25-24-17)15-8-5-13(21)6-9-15/h7,10-13,15H,3-6,8-9,21H2,1-2H3,(H,22,28). The smallest absolute Gasteiger partial charge is 0.277 e. The quantitative estimate of drug-likeness (QED) is 0.707. The van der Waals surface area contributed by atoms with Crippen LogP contribution in [0.15, 0.2) is 24.4 Å². The van der Waals surface area contributed by atoms with Gasteiger partial charge in [0.1, 0.15) is 5.82 Å². The maximum atomic E-state index is 12.6. The number of hydrogen-bond donors (Lipinski definition) is 2. The fourth-order valence-electron chi connectivity index (χ4n) is 4.00. The number of fused-ring (bicyclic) bond motifs is 1. The van der Waals surface area contributed by atoms with E-state index in [0.29, 0.717) is 11.4 Å². The number of amides is 1. The molecule has 1 aliphatic rings. The average molecular weight is 381 g/mol. The van der Waals surface area contributed by atoms with Gasteiger partial charge < -0.3 is 15.6 Å². The minimum absolute atomic E-state index is 0.260. The van der Waals surface area contributed by atoms with Crippen molar-refractivity contribution in [3.05, 3.63) is 35.9 Å². The zero-order valence-corrected chi connectivity index (χ0v) is 16.4. The third-order valence-electron chi connectivity index (χ3n) is 5.58. The van der Waals surface area contributed by atoms with E-state index in [1.807, 2.05) is 18.2 Å². The van der Waals surface area contributed by atoms with Crippen molar-refractivity contribution < 1.29 is 4.79 Å². The van der Waals surface area contributed by atoms with Gasteiger partial charge in [0, 0.05) is 24.7 Å².